The van der Waals surface area contributed by atoms with Crippen LogP contribution in [0.5, 0.6) is 0 Å². The van der Waals surface area contributed by atoms with Crippen LogP contribution in [0.2, 0.25) is 0 Å². The first-order valence-corrected chi connectivity index (χ1v) is 6.73. The van der Waals surface area contributed by atoms with Crippen LogP contribution in [0.4, 0.5) is 5.69 Å². The van der Waals surface area contributed by atoms with Gasteiger partial charge in [0.25, 0.3) is 5.91 Å². The fourth-order valence-corrected chi connectivity index (χ4v) is 2.24. The van der Waals surface area contributed by atoms with Crippen LogP contribution in [0.3, 0.4) is 0 Å². The van der Waals surface area contributed by atoms with Crippen molar-refractivity contribution in [2.75, 3.05) is 25.1 Å². The Balaban J connectivity index is 2.04. The van der Waals surface area contributed by atoms with Crippen LogP contribution in [0, 0.1) is 0 Å². The van der Waals surface area contributed by atoms with Crippen molar-refractivity contribution in [2.24, 2.45) is 0 Å². The fourth-order valence-electron chi connectivity index (χ4n) is 2.24. The number of nitrogens with zero attached hydrogens (tertiary/aromatic N) is 1. The second-order valence-corrected chi connectivity index (χ2v) is 5.13. The summed E-state index contributed by atoms with van der Waals surface area (Å²) in [4.78, 5) is 16.3. The van der Waals surface area contributed by atoms with E-state index in [0.29, 0.717) is 12.3 Å². The van der Waals surface area contributed by atoms with E-state index in [0.717, 1.165) is 31.7 Å². The number of amides is 1. The molecule has 1 fully saturated rings. The Morgan fingerprint density at radius 1 is 1.58 bits per heavy atom. The monoisotopic (exact) mass is 263 g/mol. The number of carbonyl (C=O) groups excluding carboxylic acids is 1. The van der Waals surface area contributed by atoms with Gasteiger partial charge in [-0.3, -0.25) is 9.78 Å². The second-order valence-electron chi connectivity index (χ2n) is 5.13. The summed E-state index contributed by atoms with van der Waals surface area (Å²) in [5.74, 6) is -0.146. The van der Waals surface area contributed by atoms with E-state index in [1.807, 2.05) is 19.9 Å². The van der Waals surface area contributed by atoms with Gasteiger partial charge in [0.2, 0.25) is 0 Å². The Morgan fingerprint density at radius 2 is 2.42 bits per heavy atom. The molecule has 1 aliphatic heterocycles. The van der Waals surface area contributed by atoms with E-state index in [2.05, 4.69) is 15.6 Å². The molecule has 0 saturated carbocycles. The molecule has 5 nitrogen and oxygen atoms in total. The summed E-state index contributed by atoms with van der Waals surface area (Å²) in [6.45, 7) is 6.18. The third-order valence-corrected chi connectivity index (χ3v) is 3.23. The highest BCUT2D eigenvalue weighted by Crippen LogP contribution is 2.19. The fraction of sp³-hybridized carbons (Fsp3) is 0.571. The lowest BCUT2D eigenvalue weighted by atomic mass is 9.94. The van der Waals surface area contributed by atoms with Crippen molar-refractivity contribution < 1.29 is 9.53 Å². The highest BCUT2D eigenvalue weighted by atomic mass is 16.5. The molecule has 104 valence electrons. The van der Waals surface area contributed by atoms with Gasteiger partial charge in [-0.05, 0) is 38.8 Å². The van der Waals surface area contributed by atoms with Gasteiger partial charge in [0, 0.05) is 25.0 Å². The van der Waals surface area contributed by atoms with Crippen molar-refractivity contribution in [3.05, 3.63) is 24.0 Å². The second kappa shape index (κ2) is 6.02. The Morgan fingerprint density at radius 3 is 3.11 bits per heavy atom. The molecular weight excluding hydrogens is 242 g/mol. The van der Waals surface area contributed by atoms with E-state index < -0.39 is 0 Å². The summed E-state index contributed by atoms with van der Waals surface area (Å²) in [5.41, 5.74) is 1.06. The highest BCUT2D eigenvalue weighted by molar-refractivity contribution is 5.93. The molecule has 1 saturated heterocycles. The number of ether oxygens (including phenoxy) is 1. The maximum Gasteiger partial charge on any atom is 0.270 e. The van der Waals surface area contributed by atoms with E-state index in [1.165, 1.54) is 0 Å². The number of anilines is 1. The SMILES string of the molecule is CCNc1ccnc(C(=O)NC2(C)CCCOC2)c1. The van der Waals surface area contributed by atoms with Gasteiger partial charge in [0.05, 0.1) is 12.1 Å². The molecule has 0 aromatic carbocycles. The lowest BCUT2D eigenvalue weighted by molar-refractivity contribution is 0.0271. The van der Waals surface area contributed by atoms with Crippen molar-refractivity contribution in [3.8, 4) is 0 Å². The molecule has 2 heterocycles. The first-order chi connectivity index (χ1) is 9.13. The zero-order valence-electron chi connectivity index (χ0n) is 11.5. The van der Waals surface area contributed by atoms with E-state index >= 15 is 0 Å². The molecule has 1 aromatic rings. The van der Waals surface area contributed by atoms with Gasteiger partial charge in [-0.15, -0.1) is 0 Å². The molecule has 1 aliphatic rings. The number of aromatic nitrogens is 1. The van der Waals surface area contributed by atoms with Gasteiger partial charge in [-0.25, -0.2) is 0 Å². The topological polar surface area (TPSA) is 63.2 Å². The Kier molecular flexibility index (Phi) is 4.37. The smallest absolute Gasteiger partial charge is 0.270 e. The Bertz CT molecular complexity index is 442. The average molecular weight is 263 g/mol. The number of nitrogens with one attached hydrogen (secondary N) is 2. The van der Waals surface area contributed by atoms with E-state index in [4.69, 9.17) is 4.74 Å². The summed E-state index contributed by atoms with van der Waals surface area (Å²) >= 11 is 0. The molecule has 1 unspecified atom stereocenters. The predicted octanol–water partition coefficient (Wildman–Crippen LogP) is 1.81. The standard InChI is InChI=1S/C14H21N3O2/c1-3-15-11-5-7-16-12(9-11)13(18)17-14(2)6-4-8-19-10-14/h5,7,9H,3-4,6,8,10H2,1-2H3,(H,15,16)(H,17,18). The summed E-state index contributed by atoms with van der Waals surface area (Å²) in [7, 11) is 0. The molecule has 0 aliphatic carbocycles. The quantitative estimate of drug-likeness (QED) is 0.869. The molecule has 2 N–H and O–H groups in total. The zero-order chi connectivity index (χ0) is 13.7. The molecule has 1 atom stereocenters. The third kappa shape index (κ3) is 3.67. The van der Waals surface area contributed by atoms with Crippen molar-refractivity contribution in [3.63, 3.8) is 0 Å². The molecule has 0 radical (unpaired) electrons. The van der Waals surface area contributed by atoms with Crippen LogP contribution in [0.15, 0.2) is 18.3 Å². The van der Waals surface area contributed by atoms with Gasteiger partial charge in [-0.1, -0.05) is 0 Å². The van der Waals surface area contributed by atoms with Crippen LogP contribution in [0.25, 0.3) is 0 Å². The minimum Gasteiger partial charge on any atom is -0.385 e. The largest absolute Gasteiger partial charge is 0.385 e. The van der Waals surface area contributed by atoms with Gasteiger partial charge in [0.1, 0.15) is 5.69 Å². The average Bonchev–Trinajstić information content (AvgIpc) is 2.40. The van der Waals surface area contributed by atoms with E-state index in [1.54, 1.807) is 12.3 Å². The number of pyridine rings is 1. The zero-order valence-corrected chi connectivity index (χ0v) is 11.5. The maximum atomic E-state index is 12.2. The number of hydrogen-bond donors (Lipinski definition) is 2. The van der Waals surface area contributed by atoms with E-state index in [-0.39, 0.29) is 11.4 Å². The first kappa shape index (κ1) is 13.8. The first-order valence-electron chi connectivity index (χ1n) is 6.73. The molecule has 0 spiro atoms. The Hall–Kier alpha value is -1.62. The van der Waals surface area contributed by atoms with Crippen molar-refractivity contribution >= 4 is 11.6 Å². The van der Waals surface area contributed by atoms with Crippen LogP contribution in [0.1, 0.15) is 37.2 Å². The minimum atomic E-state index is -0.287. The van der Waals surface area contributed by atoms with Gasteiger partial charge >= 0.3 is 0 Å². The third-order valence-electron chi connectivity index (χ3n) is 3.23. The minimum absolute atomic E-state index is 0.146. The summed E-state index contributed by atoms with van der Waals surface area (Å²) < 4.78 is 5.44. The summed E-state index contributed by atoms with van der Waals surface area (Å²) in [6.07, 6.45) is 3.56. The van der Waals surface area contributed by atoms with Gasteiger partial charge < -0.3 is 15.4 Å². The number of carbonyl (C=O) groups is 1. The summed E-state index contributed by atoms with van der Waals surface area (Å²) in [5, 5.41) is 6.20. The van der Waals surface area contributed by atoms with Crippen molar-refractivity contribution in [1.29, 1.82) is 0 Å². The van der Waals surface area contributed by atoms with Gasteiger partial charge in [0.15, 0.2) is 0 Å². The van der Waals surface area contributed by atoms with Crippen LogP contribution >= 0.6 is 0 Å². The molecule has 5 heteroatoms. The normalized spacial score (nSPS) is 22.8. The molecule has 0 bridgehead atoms. The lowest BCUT2D eigenvalue weighted by Gasteiger charge is -2.34. The Labute approximate surface area is 113 Å². The highest BCUT2D eigenvalue weighted by Gasteiger charge is 2.29. The predicted molar refractivity (Wildman–Crippen MR) is 74.3 cm³/mol. The van der Waals surface area contributed by atoms with Crippen LogP contribution in [-0.2, 0) is 4.74 Å². The molecule has 2 rings (SSSR count). The molecular formula is C14H21N3O2. The molecule has 1 aromatic heterocycles. The van der Waals surface area contributed by atoms with Crippen LogP contribution in [-0.4, -0.2) is 36.2 Å². The molecule has 19 heavy (non-hydrogen) atoms. The van der Waals surface area contributed by atoms with Gasteiger partial charge in [-0.2, -0.15) is 0 Å². The van der Waals surface area contributed by atoms with Crippen molar-refractivity contribution in [2.45, 2.75) is 32.2 Å². The molecule has 1 amide bonds. The number of hydrogen-bond acceptors (Lipinski definition) is 4. The lowest BCUT2D eigenvalue weighted by Crippen LogP contribution is -2.51. The number of rotatable bonds is 4. The van der Waals surface area contributed by atoms with E-state index in [9.17, 15) is 4.79 Å². The van der Waals surface area contributed by atoms with Crippen molar-refractivity contribution in [1.82, 2.24) is 10.3 Å². The van der Waals surface area contributed by atoms with Crippen LogP contribution < -0.4 is 10.6 Å². The summed E-state index contributed by atoms with van der Waals surface area (Å²) in [6, 6.07) is 3.62. The maximum absolute atomic E-state index is 12.2.